The van der Waals surface area contributed by atoms with Gasteiger partial charge in [-0.2, -0.15) is 0 Å². The van der Waals surface area contributed by atoms with Crippen molar-refractivity contribution in [2.75, 3.05) is 5.75 Å². The van der Waals surface area contributed by atoms with Crippen LogP contribution in [0.4, 0.5) is 0 Å². The number of rotatable bonds is 3. The molecule has 0 aromatic rings. The Morgan fingerprint density at radius 2 is 2.00 bits per heavy atom. The summed E-state index contributed by atoms with van der Waals surface area (Å²) < 4.78 is 20.5. The van der Waals surface area contributed by atoms with Crippen molar-refractivity contribution in [1.29, 1.82) is 0 Å². The Kier molecular flexibility index (Phi) is 3.62. The van der Waals surface area contributed by atoms with Crippen LogP contribution >= 0.6 is 11.6 Å². The molecule has 0 aliphatic heterocycles. The first-order valence-electron chi connectivity index (χ1n) is 2.95. The molecule has 0 aliphatic carbocycles. The van der Waals surface area contributed by atoms with Gasteiger partial charge in [0.25, 0.3) is 0 Å². The van der Waals surface area contributed by atoms with Crippen LogP contribution in [0, 0.1) is 0 Å². The van der Waals surface area contributed by atoms with E-state index in [9.17, 15) is 8.42 Å². The van der Waals surface area contributed by atoms with Crippen molar-refractivity contribution in [1.82, 2.24) is 0 Å². The normalized spacial score (nSPS) is 18.4. The van der Waals surface area contributed by atoms with Crippen molar-refractivity contribution in [2.24, 2.45) is 0 Å². The second-order valence-corrected chi connectivity index (χ2v) is 5.18. The fourth-order valence-corrected chi connectivity index (χ4v) is 1.76. The largest absolute Gasteiger partial charge is 0.391 e. The average molecular weight is 187 g/mol. The Morgan fingerprint density at radius 3 is 2.10 bits per heavy atom. The molecule has 0 aromatic carbocycles. The van der Waals surface area contributed by atoms with Gasteiger partial charge in [0.2, 0.25) is 0 Å². The molecule has 0 heterocycles. The molecule has 1 N–H and O–H groups in total. The summed E-state index contributed by atoms with van der Waals surface area (Å²) in [5.74, 6) is -0.0356. The molecule has 2 atom stereocenters. The average Bonchev–Trinajstić information content (AvgIpc) is 1.86. The third-order valence-electron chi connectivity index (χ3n) is 1.12. The number of alkyl halides is 1. The summed E-state index contributed by atoms with van der Waals surface area (Å²) in [6.45, 7) is 2.85. The van der Waals surface area contributed by atoms with Gasteiger partial charge in [-0.15, -0.1) is 11.6 Å². The number of sulfone groups is 1. The SMILES string of the molecule is CCS(=O)(=O)C(Cl)C(C)O. The Morgan fingerprint density at radius 1 is 1.60 bits per heavy atom. The summed E-state index contributed by atoms with van der Waals surface area (Å²) in [7, 11) is -3.28. The van der Waals surface area contributed by atoms with Crippen LogP contribution in [0.25, 0.3) is 0 Å². The van der Waals surface area contributed by atoms with Gasteiger partial charge in [-0.1, -0.05) is 6.92 Å². The summed E-state index contributed by atoms with van der Waals surface area (Å²) in [4.78, 5) is 0. The quantitative estimate of drug-likeness (QED) is 0.648. The van der Waals surface area contributed by atoms with Crippen LogP contribution in [0.15, 0.2) is 0 Å². The lowest BCUT2D eigenvalue weighted by atomic mass is 10.5. The first kappa shape index (κ1) is 10.2. The maximum Gasteiger partial charge on any atom is 0.169 e. The summed E-state index contributed by atoms with van der Waals surface area (Å²) in [5.41, 5.74) is 0. The topological polar surface area (TPSA) is 54.4 Å². The molecule has 3 nitrogen and oxygen atoms in total. The molecule has 0 radical (unpaired) electrons. The van der Waals surface area contributed by atoms with Crippen LogP contribution in [0.5, 0.6) is 0 Å². The fraction of sp³-hybridized carbons (Fsp3) is 1.00. The minimum Gasteiger partial charge on any atom is -0.391 e. The van der Waals surface area contributed by atoms with E-state index in [1.54, 1.807) is 0 Å². The predicted octanol–water partition coefficient (Wildman–Crippen LogP) is 0.367. The van der Waals surface area contributed by atoms with Crippen molar-refractivity contribution >= 4 is 21.4 Å². The second-order valence-electron chi connectivity index (χ2n) is 2.04. The molecule has 0 aromatic heterocycles. The molecule has 0 amide bonds. The highest BCUT2D eigenvalue weighted by Gasteiger charge is 2.25. The molecular formula is C5H11ClO3S. The van der Waals surface area contributed by atoms with E-state index in [1.165, 1.54) is 13.8 Å². The Labute approximate surface area is 65.9 Å². The van der Waals surface area contributed by atoms with Crippen molar-refractivity contribution in [3.8, 4) is 0 Å². The van der Waals surface area contributed by atoms with Crippen molar-refractivity contribution in [3.05, 3.63) is 0 Å². The van der Waals surface area contributed by atoms with Gasteiger partial charge in [-0.05, 0) is 6.92 Å². The van der Waals surface area contributed by atoms with Gasteiger partial charge in [0.1, 0.15) is 0 Å². The van der Waals surface area contributed by atoms with E-state index in [1.807, 2.05) is 0 Å². The van der Waals surface area contributed by atoms with Gasteiger partial charge in [0, 0.05) is 5.75 Å². The van der Waals surface area contributed by atoms with E-state index in [0.29, 0.717) is 0 Å². The van der Waals surface area contributed by atoms with E-state index in [-0.39, 0.29) is 5.75 Å². The molecule has 62 valence electrons. The van der Waals surface area contributed by atoms with Crippen LogP contribution in [0.2, 0.25) is 0 Å². The first-order chi connectivity index (χ1) is 4.41. The van der Waals surface area contributed by atoms with E-state index in [2.05, 4.69) is 0 Å². The Hall–Kier alpha value is 0.200. The number of hydrogen-bond acceptors (Lipinski definition) is 3. The smallest absolute Gasteiger partial charge is 0.169 e. The molecule has 0 saturated heterocycles. The molecule has 0 rings (SSSR count). The van der Waals surface area contributed by atoms with Gasteiger partial charge in [0.05, 0.1) is 6.10 Å². The summed E-state index contributed by atoms with van der Waals surface area (Å²) >= 11 is 5.37. The zero-order chi connectivity index (χ0) is 8.36. The number of aliphatic hydroxyl groups excluding tert-OH is 1. The highest BCUT2D eigenvalue weighted by molar-refractivity contribution is 7.93. The highest BCUT2D eigenvalue weighted by atomic mass is 35.5. The molecule has 0 spiro atoms. The number of hydrogen-bond donors (Lipinski definition) is 1. The maximum atomic E-state index is 10.8. The summed E-state index contributed by atoms with van der Waals surface area (Å²) in [6, 6.07) is 0. The van der Waals surface area contributed by atoms with Gasteiger partial charge in [-0.3, -0.25) is 0 Å². The third-order valence-corrected chi connectivity index (χ3v) is 4.19. The van der Waals surface area contributed by atoms with E-state index in [4.69, 9.17) is 16.7 Å². The lowest BCUT2D eigenvalue weighted by molar-refractivity contribution is 0.208. The third kappa shape index (κ3) is 2.44. The lowest BCUT2D eigenvalue weighted by Crippen LogP contribution is -2.27. The van der Waals surface area contributed by atoms with Crippen LogP contribution in [0.3, 0.4) is 0 Å². The van der Waals surface area contributed by atoms with Gasteiger partial charge in [-0.25, -0.2) is 8.42 Å². The monoisotopic (exact) mass is 186 g/mol. The van der Waals surface area contributed by atoms with E-state index < -0.39 is 20.7 Å². The second kappa shape index (κ2) is 3.55. The highest BCUT2D eigenvalue weighted by Crippen LogP contribution is 2.11. The number of aliphatic hydroxyl groups is 1. The van der Waals surface area contributed by atoms with Crippen molar-refractivity contribution in [3.63, 3.8) is 0 Å². The van der Waals surface area contributed by atoms with Gasteiger partial charge < -0.3 is 5.11 Å². The predicted molar refractivity (Wildman–Crippen MR) is 40.8 cm³/mol. The molecule has 0 aliphatic rings. The number of halogens is 1. The Balaban J connectivity index is 4.35. The summed E-state index contributed by atoms with van der Waals surface area (Å²) in [5, 5.41) is 8.78. The van der Waals surface area contributed by atoms with Gasteiger partial charge >= 0.3 is 0 Å². The molecule has 0 saturated carbocycles. The standard InChI is InChI=1S/C5H11ClO3S/c1-3-10(8,9)5(6)4(2)7/h4-5,7H,3H2,1-2H3. The molecular weight excluding hydrogens is 176 g/mol. The maximum absolute atomic E-state index is 10.8. The Bertz CT molecular complexity index is 185. The fourth-order valence-electron chi connectivity index (χ4n) is 0.459. The van der Waals surface area contributed by atoms with Crippen LogP contribution < -0.4 is 0 Å². The molecule has 2 unspecified atom stereocenters. The van der Waals surface area contributed by atoms with Crippen molar-refractivity contribution in [2.45, 2.75) is 24.7 Å². The molecule has 0 fully saturated rings. The molecule has 5 heteroatoms. The van der Waals surface area contributed by atoms with Crippen LogP contribution in [-0.2, 0) is 9.84 Å². The lowest BCUT2D eigenvalue weighted by Gasteiger charge is -2.10. The van der Waals surface area contributed by atoms with E-state index in [0.717, 1.165) is 0 Å². The minimum atomic E-state index is -3.28. The summed E-state index contributed by atoms with van der Waals surface area (Å²) in [6.07, 6.45) is -1.01. The first-order valence-corrected chi connectivity index (χ1v) is 5.10. The molecule has 10 heavy (non-hydrogen) atoms. The molecule has 0 bridgehead atoms. The van der Waals surface area contributed by atoms with E-state index >= 15 is 0 Å². The van der Waals surface area contributed by atoms with Crippen molar-refractivity contribution < 1.29 is 13.5 Å². The minimum absolute atomic E-state index is 0.0356. The van der Waals surface area contributed by atoms with Gasteiger partial charge in [0.15, 0.2) is 14.5 Å². The van der Waals surface area contributed by atoms with Crippen LogP contribution in [-0.4, -0.2) is 30.1 Å². The zero-order valence-electron chi connectivity index (χ0n) is 5.91. The zero-order valence-corrected chi connectivity index (χ0v) is 7.48. The van der Waals surface area contributed by atoms with Crippen LogP contribution in [0.1, 0.15) is 13.8 Å².